The van der Waals surface area contributed by atoms with Crippen molar-refractivity contribution in [2.24, 2.45) is 0 Å². The van der Waals surface area contributed by atoms with Gasteiger partial charge in [0.2, 0.25) is 17.8 Å². The van der Waals surface area contributed by atoms with E-state index in [-0.39, 0.29) is 11.2 Å². The number of ether oxygens (including phenoxy) is 1. The molecule has 210 valence electrons. The topological polar surface area (TPSA) is 147 Å². The van der Waals surface area contributed by atoms with Gasteiger partial charge in [-0.05, 0) is 50.8 Å². The fraction of sp³-hybridized carbons (Fsp3) is 0.565. The Labute approximate surface area is 218 Å². The number of nitrogens with zero attached hydrogens (tertiary/aromatic N) is 4. The zero-order chi connectivity index (χ0) is 28.4. The van der Waals surface area contributed by atoms with Gasteiger partial charge in [-0.15, -0.1) is 0 Å². The summed E-state index contributed by atoms with van der Waals surface area (Å²) in [6, 6.07) is 6.79. The van der Waals surface area contributed by atoms with Gasteiger partial charge in [-0.3, -0.25) is 0 Å². The molecule has 1 saturated carbocycles. The molecule has 15 heteroatoms. The van der Waals surface area contributed by atoms with Gasteiger partial charge in [0.1, 0.15) is 0 Å². The average Bonchev–Trinajstić information content (AvgIpc) is 2.80. The molecule has 0 bridgehead atoms. The van der Waals surface area contributed by atoms with Gasteiger partial charge in [0.05, 0.1) is 22.6 Å². The Morgan fingerprint density at radius 2 is 1.68 bits per heavy atom. The third-order valence-corrected chi connectivity index (χ3v) is 7.11. The predicted octanol–water partition coefficient (Wildman–Crippen LogP) is 3.10. The number of carbonyl (C=O) groups is 1. The number of nitrogens with one attached hydrogen (secondary N) is 2. The van der Waals surface area contributed by atoms with Crippen LogP contribution in [0.15, 0.2) is 29.2 Å². The molecule has 0 radical (unpaired) electrons. The molecule has 1 spiro atoms. The molecule has 2 fully saturated rings. The number of anilines is 3. The lowest BCUT2D eigenvalue weighted by Crippen LogP contribution is -2.62. The Balaban J connectivity index is 0.000000505. The van der Waals surface area contributed by atoms with E-state index in [2.05, 4.69) is 44.3 Å². The predicted molar refractivity (Wildman–Crippen MR) is 134 cm³/mol. The van der Waals surface area contributed by atoms with E-state index in [4.69, 9.17) is 14.6 Å². The van der Waals surface area contributed by atoms with Gasteiger partial charge in [0, 0.05) is 26.4 Å². The number of carboxylic acid groups (broad SMARTS) is 1. The Bertz CT molecular complexity index is 1250. The van der Waals surface area contributed by atoms with E-state index in [1.165, 1.54) is 12.7 Å². The van der Waals surface area contributed by atoms with Gasteiger partial charge in [-0.2, -0.15) is 28.1 Å². The first kappa shape index (κ1) is 29.4. The van der Waals surface area contributed by atoms with Gasteiger partial charge in [-0.1, -0.05) is 12.1 Å². The van der Waals surface area contributed by atoms with Crippen molar-refractivity contribution in [1.82, 2.24) is 15.0 Å². The lowest BCUT2D eigenvalue weighted by atomic mass is 9.77. The number of hydrogen-bond donors (Lipinski definition) is 3. The number of sulfone groups is 1. The highest BCUT2D eigenvalue weighted by Crippen LogP contribution is 2.43. The molecule has 1 aliphatic carbocycles. The van der Waals surface area contributed by atoms with Crippen LogP contribution in [0.1, 0.15) is 38.7 Å². The maximum atomic E-state index is 11.6. The van der Waals surface area contributed by atoms with Gasteiger partial charge in [0.25, 0.3) is 0 Å². The first-order valence-electron chi connectivity index (χ1n) is 11.7. The van der Waals surface area contributed by atoms with Crippen molar-refractivity contribution in [1.29, 1.82) is 0 Å². The summed E-state index contributed by atoms with van der Waals surface area (Å²) in [6.07, 6.45) is -0.572. The summed E-state index contributed by atoms with van der Waals surface area (Å²) in [7, 11) is -1.43. The Kier molecular flexibility index (Phi) is 8.41. The summed E-state index contributed by atoms with van der Waals surface area (Å²) < 4.78 is 61.4. The zero-order valence-electron chi connectivity index (χ0n) is 21.5. The lowest BCUT2D eigenvalue weighted by Gasteiger charge is -2.54. The SMILES string of the molecule is CNc1nc(NCc2ccc(S(C)(=O)=O)cc2)nc(N2CC(C)(C)OC3(CCC3)C2)n1.O=C(O)C(F)(F)F. The van der Waals surface area contributed by atoms with Gasteiger partial charge >= 0.3 is 12.1 Å². The van der Waals surface area contributed by atoms with E-state index in [9.17, 15) is 21.6 Å². The number of hydrogen-bond acceptors (Lipinski definition) is 10. The summed E-state index contributed by atoms with van der Waals surface area (Å²) >= 11 is 0. The summed E-state index contributed by atoms with van der Waals surface area (Å²) in [4.78, 5) is 25.1. The van der Waals surface area contributed by atoms with Gasteiger partial charge in [0.15, 0.2) is 9.84 Å². The van der Waals surface area contributed by atoms with Crippen LogP contribution < -0.4 is 15.5 Å². The van der Waals surface area contributed by atoms with Crippen molar-refractivity contribution in [3.63, 3.8) is 0 Å². The Morgan fingerprint density at radius 3 is 2.16 bits per heavy atom. The zero-order valence-corrected chi connectivity index (χ0v) is 22.3. The minimum atomic E-state index is -5.08. The van der Waals surface area contributed by atoms with Crippen molar-refractivity contribution >= 4 is 33.7 Å². The van der Waals surface area contributed by atoms with E-state index in [1.54, 1.807) is 31.3 Å². The molecular formula is C23H31F3N6O5S. The molecule has 2 heterocycles. The van der Waals surface area contributed by atoms with Gasteiger partial charge in [-0.25, -0.2) is 13.2 Å². The van der Waals surface area contributed by atoms with Crippen LogP contribution in [0, 0.1) is 0 Å². The van der Waals surface area contributed by atoms with E-state index in [0.717, 1.165) is 24.9 Å². The number of morpholine rings is 1. The number of halogens is 3. The average molecular weight is 561 g/mol. The minimum Gasteiger partial charge on any atom is -0.475 e. The summed E-state index contributed by atoms with van der Waals surface area (Å²) in [5.41, 5.74) is 0.546. The second-order valence-corrected chi connectivity index (χ2v) is 11.9. The fourth-order valence-corrected chi connectivity index (χ4v) is 4.85. The van der Waals surface area contributed by atoms with Crippen molar-refractivity contribution in [3.8, 4) is 0 Å². The second kappa shape index (κ2) is 10.9. The monoisotopic (exact) mass is 560 g/mol. The normalized spacial score (nSPS) is 18.1. The van der Waals surface area contributed by atoms with Crippen molar-refractivity contribution in [2.45, 2.75) is 61.9 Å². The third-order valence-electron chi connectivity index (χ3n) is 5.98. The van der Waals surface area contributed by atoms with Crippen LogP contribution in [0.25, 0.3) is 0 Å². The van der Waals surface area contributed by atoms with Crippen molar-refractivity contribution in [3.05, 3.63) is 29.8 Å². The van der Waals surface area contributed by atoms with Crippen LogP contribution in [-0.4, -0.2) is 78.2 Å². The van der Waals surface area contributed by atoms with E-state index < -0.39 is 22.0 Å². The maximum absolute atomic E-state index is 11.6. The lowest BCUT2D eigenvalue weighted by molar-refractivity contribution is -0.192. The largest absolute Gasteiger partial charge is 0.490 e. The van der Waals surface area contributed by atoms with E-state index in [0.29, 0.717) is 35.8 Å². The quantitative estimate of drug-likeness (QED) is 0.479. The highest BCUT2D eigenvalue weighted by molar-refractivity contribution is 7.90. The van der Waals surface area contributed by atoms with Crippen LogP contribution in [0.3, 0.4) is 0 Å². The van der Waals surface area contributed by atoms with Crippen LogP contribution >= 0.6 is 0 Å². The number of carboxylic acids is 1. The van der Waals surface area contributed by atoms with Crippen molar-refractivity contribution < 1.29 is 36.2 Å². The molecule has 0 unspecified atom stereocenters. The molecule has 2 aromatic rings. The second-order valence-electron chi connectivity index (χ2n) is 9.86. The summed E-state index contributed by atoms with van der Waals surface area (Å²) in [5, 5.41) is 13.4. The van der Waals surface area contributed by atoms with Crippen LogP contribution in [-0.2, 0) is 25.9 Å². The first-order valence-corrected chi connectivity index (χ1v) is 13.6. The standard InChI is InChI=1S/C21H30N6O3S.C2HF3O2/c1-20(2)13-27(14-21(30-20)10-5-11-21)19-25-17(22-3)24-18(26-19)23-12-15-6-8-16(9-7-15)31(4,28)29;3-2(4,5)1(6)7/h6-9H,5,10-14H2,1-4H3,(H2,22,23,24,25,26);(H,6,7). The first-order chi connectivity index (χ1) is 17.5. The van der Waals surface area contributed by atoms with Crippen LogP contribution in [0.5, 0.6) is 0 Å². The smallest absolute Gasteiger partial charge is 0.475 e. The molecule has 38 heavy (non-hydrogen) atoms. The number of benzene rings is 1. The van der Waals surface area contributed by atoms with Crippen molar-refractivity contribution in [2.75, 3.05) is 41.9 Å². The highest BCUT2D eigenvalue weighted by atomic mass is 32.2. The van der Waals surface area contributed by atoms with Gasteiger partial charge < -0.3 is 25.4 Å². The number of alkyl halides is 3. The molecule has 0 amide bonds. The maximum Gasteiger partial charge on any atom is 0.490 e. The molecule has 2 aliphatic rings. The Hall–Kier alpha value is -3.20. The molecular weight excluding hydrogens is 529 g/mol. The van der Waals surface area contributed by atoms with Crippen LogP contribution in [0.4, 0.5) is 31.0 Å². The molecule has 1 aromatic heterocycles. The minimum absolute atomic E-state index is 0.108. The third kappa shape index (κ3) is 7.66. The highest BCUT2D eigenvalue weighted by Gasteiger charge is 2.48. The van der Waals surface area contributed by atoms with Crippen LogP contribution in [0.2, 0.25) is 0 Å². The number of rotatable bonds is 6. The molecule has 4 rings (SSSR count). The number of aliphatic carboxylic acids is 1. The summed E-state index contributed by atoms with van der Waals surface area (Å²) in [5.74, 6) is -1.18. The molecule has 3 N–H and O–H groups in total. The molecule has 0 atom stereocenters. The Morgan fingerprint density at radius 1 is 1.11 bits per heavy atom. The summed E-state index contributed by atoms with van der Waals surface area (Å²) in [6.45, 7) is 6.16. The fourth-order valence-electron chi connectivity index (χ4n) is 4.22. The molecule has 1 aromatic carbocycles. The number of aromatic nitrogens is 3. The molecule has 11 nitrogen and oxygen atoms in total. The van der Waals surface area contributed by atoms with E-state index >= 15 is 0 Å². The molecule has 1 aliphatic heterocycles. The van der Waals surface area contributed by atoms with E-state index in [1.807, 2.05) is 0 Å². The molecule has 1 saturated heterocycles.